The Kier molecular flexibility index (Phi) is 2.13. The van der Waals surface area contributed by atoms with E-state index in [0.717, 1.165) is 0 Å². The Morgan fingerprint density at radius 3 is 2.14 bits per heavy atom. The molecule has 0 aromatic rings. The number of halogens is 1. The minimum absolute atomic E-state index is 0.497. The van der Waals surface area contributed by atoms with Gasteiger partial charge in [0, 0.05) is 5.25 Å². The summed E-state index contributed by atoms with van der Waals surface area (Å²) in [5.74, 6) is 0. The van der Waals surface area contributed by atoms with Crippen LogP contribution in [0.15, 0.2) is 0 Å². The molecule has 0 saturated carbocycles. The SMILES string of the molecule is C#CS(=O)(=O)CCl. The maximum atomic E-state index is 10.0. The van der Waals surface area contributed by atoms with Crippen LogP contribution in [0, 0.1) is 11.7 Å². The van der Waals surface area contributed by atoms with E-state index in [4.69, 9.17) is 11.6 Å². The first-order valence-electron chi connectivity index (χ1n) is 1.38. The summed E-state index contributed by atoms with van der Waals surface area (Å²) in [6.07, 6.45) is 4.49. The second kappa shape index (κ2) is 2.20. The van der Waals surface area contributed by atoms with Crippen LogP contribution in [0.5, 0.6) is 0 Å². The van der Waals surface area contributed by atoms with Crippen LogP contribution in [0.3, 0.4) is 0 Å². The Hall–Kier alpha value is -0.200. The predicted octanol–water partition coefficient (Wildman–Crippen LogP) is 0.188. The van der Waals surface area contributed by atoms with Gasteiger partial charge in [-0.2, -0.15) is 0 Å². The molecule has 0 rings (SSSR count). The number of hydrogen-bond donors (Lipinski definition) is 0. The summed E-state index contributed by atoms with van der Waals surface area (Å²) in [5, 5.41) is 1.03. The van der Waals surface area contributed by atoms with Crippen LogP contribution in [0.2, 0.25) is 0 Å². The van der Waals surface area contributed by atoms with Crippen molar-refractivity contribution in [2.45, 2.75) is 0 Å². The minimum atomic E-state index is -3.36. The molecule has 40 valence electrons. The molecule has 0 saturated heterocycles. The van der Waals surface area contributed by atoms with Gasteiger partial charge in [0.1, 0.15) is 5.21 Å². The third-order valence-electron chi connectivity index (χ3n) is 0.323. The zero-order valence-corrected chi connectivity index (χ0v) is 4.96. The van der Waals surface area contributed by atoms with Crippen molar-refractivity contribution in [1.29, 1.82) is 0 Å². The molecule has 0 aromatic heterocycles. The second-order valence-corrected chi connectivity index (χ2v) is 3.18. The van der Waals surface area contributed by atoms with Crippen molar-refractivity contribution in [1.82, 2.24) is 0 Å². The Morgan fingerprint density at radius 2 is 2.14 bits per heavy atom. The maximum Gasteiger partial charge on any atom is 0.230 e. The van der Waals surface area contributed by atoms with Crippen molar-refractivity contribution >= 4 is 21.4 Å². The van der Waals surface area contributed by atoms with Gasteiger partial charge in [0.15, 0.2) is 0 Å². The molecular formula is C3H3ClO2S. The zero-order valence-electron chi connectivity index (χ0n) is 3.39. The van der Waals surface area contributed by atoms with Gasteiger partial charge in [0.25, 0.3) is 0 Å². The van der Waals surface area contributed by atoms with E-state index in [1.54, 1.807) is 0 Å². The topological polar surface area (TPSA) is 34.1 Å². The highest BCUT2D eigenvalue weighted by Gasteiger charge is 1.98. The minimum Gasteiger partial charge on any atom is -0.214 e. The molecule has 0 aliphatic heterocycles. The lowest BCUT2D eigenvalue weighted by atomic mass is 11.4. The fourth-order valence-electron chi connectivity index (χ4n) is 0.0315. The molecule has 2 nitrogen and oxygen atoms in total. The molecule has 0 bridgehead atoms. The fraction of sp³-hybridized carbons (Fsp3) is 0.333. The highest BCUT2D eigenvalue weighted by molar-refractivity contribution is 7.97. The van der Waals surface area contributed by atoms with Crippen molar-refractivity contribution in [2.24, 2.45) is 0 Å². The largest absolute Gasteiger partial charge is 0.230 e. The number of hydrogen-bond acceptors (Lipinski definition) is 2. The van der Waals surface area contributed by atoms with Crippen molar-refractivity contribution in [2.75, 3.05) is 5.21 Å². The van der Waals surface area contributed by atoms with Crippen LogP contribution in [-0.4, -0.2) is 13.6 Å². The summed E-state index contributed by atoms with van der Waals surface area (Å²) in [6, 6.07) is 0. The molecule has 0 aliphatic rings. The van der Waals surface area contributed by atoms with Gasteiger partial charge in [-0.1, -0.05) is 0 Å². The lowest BCUT2D eigenvalue weighted by molar-refractivity contribution is 0.610. The van der Waals surface area contributed by atoms with Gasteiger partial charge in [-0.25, -0.2) is 8.42 Å². The van der Waals surface area contributed by atoms with Crippen molar-refractivity contribution < 1.29 is 8.42 Å². The molecule has 0 amide bonds. The highest BCUT2D eigenvalue weighted by Crippen LogP contribution is 1.87. The Balaban J connectivity index is 4.28. The van der Waals surface area contributed by atoms with E-state index in [9.17, 15) is 8.42 Å². The first-order chi connectivity index (χ1) is 3.12. The zero-order chi connectivity index (χ0) is 5.91. The average molecular weight is 139 g/mol. The summed E-state index contributed by atoms with van der Waals surface area (Å²) in [5.41, 5.74) is 0. The summed E-state index contributed by atoms with van der Waals surface area (Å²) < 4.78 is 20.0. The summed E-state index contributed by atoms with van der Waals surface area (Å²) in [4.78, 5) is 0. The number of rotatable bonds is 1. The molecule has 0 heterocycles. The summed E-state index contributed by atoms with van der Waals surface area (Å²) >= 11 is 4.86. The standard InChI is InChI=1S/C3H3ClO2S/c1-2-7(5,6)3-4/h1H,3H2. The quantitative estimate of drug-likeness (QED) is 0.295. The molecule has 0 unspecified atom stereocenters. The van der Waals surface area contributed by atoms with E-state index in [-0.39, 0.29) is 0 Å². The van der Waals surface area contributed by atoms with Crippen LogP contribution in [0.25, 0.3) is 0 Å². The molecule has 0 N–H and O–H groups in total. The normalized spacial score (nSPS) is 10.3. The number of alkyl halides is 1. The smallest absolute Gasteiger partial charge is 0.214 e. The van der Waals surface area contributed by atoms with Gasteiger partial charge >= 0.3 is 0 Å². The Bertz CT molecular complexity index is 174. The van der Waals surface area contributed by atoms with Crippen LogP contribution < -0.4 is 0 Å². The van der Waals surface area contributed by atoms with Crippen LogP contribution in [0.1, 0.15) is 0 Å². The molecule has 0 aromatic carbocycles. The molecule has 0 fully saturated rings. The lowest BCUT2D eigenvalue weighted by Gasteiger charge is -1.78. The lowest BCUT2D eigenvalue weighted by Crippen LogP contribution is -1.93. The molecule has 0 aliphatic carbocycles. The third kappa shape index (κ3) is 2.49. The number of sulfone groups is 1. The summed E-state index contributed by atoms with van der Waals surface area (Å²) in [7, 11) is -3.36. The molecule has 0 atom stereocenters. The van der Waals surface area contributed by atoms with Crippen LogP contribution >= 0.6 is 11.6 Å². The van der Waals surface area contributed by atoms with Gasteiger partial charge in [-0.15, -0.1) is 18.0 Å². The second-order valence-electron chi connectivity index (χ2n) is 0.842. The van der Waals surface area contributed by atoms with Crippen molar-refractivity contribution in [3.63, 3.8) is 0 Å². The third-order valence-corrected chi connectivity index (χ3v) is 1.83. The van der Waals surface area contributed by atoms with Gasteiger partial charge < -0.3 is 0 Å². The Labute approximate surface area is 47.4 Å². The van der Waals surface area contributed by atoms with E-state index in [2.05, 4.69) is 6.42 Å². The molecule has 0 spiro atoms. The highest BCUT2D eigenvalue weighted by atomic mass is 35.5. The van der Waals surface area contributed by atoms with Crippen molar-refractivity contribution in [3.8, 4) is 11.7 Å². The van der Waals surface area contributed by atoms with Gasteiger partial charge in [-0.05, 0) is 0 Å². The van der Waals surface area contributed by atoms with E-state index < -0.39 is 15.0 Å². The van der Waals surface area contributed by atoms with Crippen LogP contribution in [0.4, 0.5) is 0 Å². The Morgan fingerprint density at radius 1 is 1.71 bits per heavy atom. The molecule has 4 heteroatoms. The van der Waals surface area contributed by atoms with Gasteiger partial charge in [-0.3, -0.25) is 0 Å². The van der Waals surface area contributed by atoms with Crippen LogP contribution in [-0.2, 0) is 9.84 Å². The fourth-order valence-corrected chi connectivity index (χ4v) is 0.283. The molecule has 0 radical (unpaired) electrons. The monoisotopic (exact) mass is 138 g/mol. The number of terminal acetylenes is 1. The van der Waals surface area contributed by atoms with E-state index in [0.29, 0.717) is 0 Å². The van der Waals surface area contributed by atoms with E-state index >= 15 is 0 Å². The van der Waals surface area contributed by atoms with E-state index in [1.165, 1.54) is 5.25 Å². The predicted molar refractivity (Wildman–Crippen MR) is 28.5 cm³/mol. The maximum absolute atomic E-state index is 10.0. The molecular weight excluding hydrogens is 136 g/mol. The van der Waals surface area contributed by atoms with E-state index in [1.807, 2.05) is 0 Å². The van der Waals surface area contributed by atoms with Gasteiger partial charge in [0.05, 0.1) is 0 Å². The molecule has 7 heavy (non-hydrogen) atoms. The average Bonchev–Trinajstić information content (AvgIpc) is 1.68. The first-order valence-corrected chi connectivity index (χ1v) is 3.57. The first kappa shape index (κ1) is 6.80. The summed E-state index contributed by atoms with van der Waals surface area (Å²) in [6.45, 7) is 0. The van der Waals surface area contributed by atoms with Gasteiger partial charge in [0.2, 0.25) is 9.84 Å². The van der Waals surface area contributed by atoms with Crippen molar-refractivity contribution in [3.05, 3.63) is 0 Å².